The van der Waals surface area contributed by atoms with Crippen molar-refractivity contribution in [3.05, 3.63) is 63.5 Å². The Morgan fingerprint density at radius 1 is 1.30 bits per heavy atom. The van der Waals surface area contributed by atoms with Crippen LogP contribution in [0.25, 0.3) is 11.3 Å². The van der Waals surface area contributed by atoms with Crippen LogP contribution in [0.15, 0.2) is 52.9 Å². The number of hydrogen-bond acceptors (Lipinski definition) is 8. The van der Waals surface area contributed by atoms with Crippen LogP contribution >= 0.6 is 11.3 Å². The fourth-order valence-electron chi connectivity index (χ4n) is 2.34. The van der Waals surface area contributed by atoms with E-state index in [1.165, 1.54) is 24.5 Å². The third-order valence-electron chi connectivity index (χ3n) is 3.78. The van der Waals surface area contributed by atoms with Gasteiger partial charge in [-0.2, -0.15) is 5.10 Å². The highest BCUT2D eigenvalue weighted by atomic mass is 32.1. The molecule has 3 rings (SSSR count). The third-order valence-corrected chi connectivity index (χ3v) is 4.53. The zero-order chi connectivity index (χ0) is 19.4. The fraction of sp³-hybridized carbons (Fsp3) is 0.111. The molecule has 0 amide bonds. The van der Waals surface area contributed by atoms with Gasteiger partial charge >= 0.3 is 5.69 Å². The number of nitrogens with one attached hydrogen (secondary N) is 1. The third kappa shape index (κ3) is 4.21. The van der Waals surface area contributed by atoms with Crippen LogP contribution in [-0.2, 0) is 0 Å². The van der Waals surface area contributed by atoms with Gasteiger partial charge in [0.25, 0.3) is 0 Å². The molecule has 2 aromatic carbocycles. The van der Waals surface area contributed by atoms with Gasteiger partial charge in [0.1, 0.15) is 5.75 Å². The summed E-state index contributed by atoms with van der Waals surface area (Å²) < 4.78 is 5.00. The largest absolute Gasteiger partial charge is 0.508 e. The first-order valence-electron chi connectivity index (χ1n) is 7.86. The minimum atomic E-state index is -0.492. The number of hydrazone groups is 1. The van der Waals surface area contributed by atoms with Crippen LogP contribution in [0.3, 0.4) is 0 Å². The minimum absolute atomic E-state index is 0.117. The second kappa shape index (κ2) is 7.83. The Bertz CT molecular complexity index is 999. The van der Waals surface area contributed by atoms with Crippen LogP contribution in [0.1, 0.15) is 12.5 Å². The second-order valence-electron chi connectivity index (χ2n) is 5.54. The van der Waals surface area contributed by atoms with E-state index in [2.05, 4.69) is 15.5 Å². The summed E-state index contributed by atoms with van der Waals surface area (Å²) in [6.45, 7) is 1.74. The number of nitro groups is 1. The Morgan fingerprint density at radius 2 is 2.04 bits per heavy atom. The first kappa shape index (κ1) is 18.3. The van der Waals surface area contributed by atoms with Crippen LogP contribution in [0, 0.1) is 10.1 Å². The van der Waals surface area contributed by atoms with Crippen molar-refractivity contribution in [3.63, 3.8) is 0 Å². The number of nitrogens with zero attached hydrogens (tertiary/aromatic N) is 3. The highest BCUT2D eigenvalue weighted by Gasteiger charge is 2.16. The van der Waals surface area contributed by atoms with Crippen molar-refractivity contribution in [1.82, 2.24) is 4.98 Å². The van der Waals surface area contributed by atoms with E-state index in [1.54, 1.807) is 43.3 Å². The summed E-state index contributed by atoms with van der Waals surface area (Å²) >= 11 is 1.38. The molecule has 0 radical (unpaired) electrons. The van der Waals surface area contributed by atoms with Gasteiger partial charge in [-0.1, -0.05) is 0 Å². The van der Waals surface area contributed by atoms with Gasteiger partial charge in [-0.05, 0) is 43.3 Å². The van der Waals surface area contributed by atoms with Crippen LogP contribution < -0.4 is 10.2 Å². The smallest absolute Gasteiger partial charge is 0.311 e. The number of ether oxygens (including phenoxy) is 1. The number of aromatic hydroxyl groups is 1. The number of rotatable bonds is 6. The molecule has 138 valence electrons. The lowest BCUT2D eigenvalue weighted by atomic mass is 10.1. The molecule has 0 fully saturated rings. The molecular weight excluding hydrogens is 368 g/mol. The predicted octanol–water partition coefficient (Wildman–Crippen LogP) is 4.27. The molecule has 0 atom stereocenters. The van der Waals surface area contributed by atoms with E-state index < -0.39 is 4.92 Å². The first-order chi connectivity index (χ1) is 13.0. The number of nitro benzene ring substituents is 1. The van der Waals surface area contributed by atoms with Crippen LogP contribution in [0.2, 0.25) is 0 Å². The van der Waals surface area contributed by atoms with Crippen LogP contribution in [0.4, 0.5) is 10.8 Å². The molecule has 0 aliphatic carbocycles. The zero-order valence-electron chi connectivity index (χ0n) is 14.5. The van der Waals surface area contributed by atoms with Crippen molar-refractivity contribution in [2.75, 3.05) is 12.5 Å². The number of phenols is 1. The van der Waals surface area contributed by atoms with Gasteiger partial charge in [0, 0.05) is 22.6 Å². The number of benzene rings is 2. The lowest BCUT2D eigenvalue weighted by molar-refractivity contribution is -0.385. The second-order valence-corrected chi connectivity index (χ2v) is 6.40. The number of hydrogen-bond donors (Lipinski definition) is 2. The SMILES string of the molecule is COc1ccc(/C(C)=N\Nc2nc(-c3ccc(O)cc3)cs2)cc1[N+](=O)[O-]. The summed E-state index contributed by atoms with van der Waals surface area (Å²) in [5.41, 5.74) is 5.56. The summed E-state index contributed by atoms with van der Waals surface area (Å²) in [5, 5.41) is 27.2. The Kier molecular flexibility index (Phi) is 5.32. The monoisotopic (exact) mass is 384 g/mol. The molecule has 0 aliphatic rings. The molecule has 0 unspecified atom stereocenters. The first-order valence-corrected chi connectivity index (χ1v) is 8.74. The van der Waals surface area contributed by atoms with Gasteiger partial charge < -0.3 is 9.84 Å². The molecule has 0 saturated carbocycles. The topological polar surface area (TPSA) is 110 Å². The van der Waals surface area contributed by atoms with Crippen molar-refractivity contribution in [2.45, 2.75) is 6.92 Å². The highest BCUT2D eigenvalue weighted by molar-refractivity contribution is 7.14. The van der Waals surface area contributed by atoms with Crippen LogP contribution in [-0.4, -0.2) is 27.8 Å². The molecule has 0 aliphatic heterocycles. The minimum Gasteiger partial charge on any atom is -0.508 e. The number of methoxy groups -OCH3 is 1. The summed E-state index contributed by atoms with van der Waals surface area (Å²) in [5.74, 6) is 0.393. The van der Waals surface area contributed by atoms with Gasteiger partial charge in [0.15, 0.2) is 5.75 Å². The van der Waals surface area contributed by atoms with E-state index in [9.17, 15) is 15.2 Å². The maximum Gasteiger partial charge on any atom is 0.311 e. The predicted molar refractivity (Wildman–Crippen MR) is 105 cm³/mol. The van der Waals surface area contributed by atoms with Crippen LogP contribution in [0.5, 0.6) is 11.5 Å². The van der Waals surface area contributed by atoms with Gasteiger partial charge in [-0.3, -0.25) is 15.5 Å². The lowest BCUT2D eigenvalue weighted by Crippen LogP contribution is -2.02. The van der Waals surface area contributed by atoms with E-state index in [-0.39, 0.29) is 17.2 Å². The molecule has 2 N–H and O–H groups in total. The lowest BCUT2D eigenvalue weighted by Gasteiger charge is -2.05. The summed E-state index contributed by atoms with van der Waals surface area (Å²) in [4.78, 5) is 15.1. The maximum atomic E-state index is 11.1. The molecule has 0 spiro atoms. The number of phenolic OH excluding ortho intramolecular Hbond substituents is 1. The Morgan fingerprint density at radius 3 is 2.70 bits per heavy atom. The van der Waals surface area contributed by atoms with Crippen molar-refractivity contribution in [1.29, 1.82) is 0 Å². The molecule has 8 nitrogen and oxygen atoms in total. The van der Waals surface area contributed by atoms with Gasteiger partial charge in [0.05, 0.1) is 23.4 Å². The number of thiazole rings is 1. The Hall–Kier alpha value is -3.46. The van der Waals surface area contributed by atoms with Gasteiger partial charge in [-0.15, -0.1) is 11.3 Å². The summed E-state index contributed by atoms with van der Waals surface area (Å²) in [6, 6.07) is 11.4. The number of anilines is 1. The molecule has 3 aromatic rings. The molecule has 9 heteroatoms. The van der Waals surface area contributed by atoms with E-state index in [4.69, 9.17) is 4.74 Å². The van der Waals surface area contributed by atoms with E-state index in [0.717, 1.165) is 11.3 Å². The fourth-order valence-corrected chi connectivity index (χ4v) is 3.01. The van der Waals surface area contributed by atoms with Crippen molar-refractivity contribution in [2.24, 2.45) is 5.10 Å². The molecule has 1 heterocycles. The summed E-state index contributed by atoms with van der Waals surface area (Å²) in [7, 11) is 1.39. The molecular formula is C18H16N4O4S. The normalized spacial score (nSPS) is 11.3. The molecule has 0 saturated heterocycles. The van der Waals surface area contributed by atoms with E-state index >= 15 is 0 Å². The maximum absolute atomic E-state index is 11.1. The summed E-state index contributed by atoms with van der Waals surface area (Å²) in [6.07, 6.45) is 0. The highest BCUT2D eigenvalue weighted by Crippen LogP contribution is 2.28. The average molecular weight is 384 g/mol. The quantitative estimate of drug-likeness (QED) is 0.373. The van der Waals surface area contributed by atoms with Crippen molar-refractivity contribution < 1.29 is 14.8 Å². The molecule has 1 aromatic heterocycles. The zero-order valence-corrected chi connectivity index (χ0v) is 15.4. The number of aromatic nitrogens is 1. The standard InChI is InChI=1S/C18H16N4O4S/c1-11(13-5-8-17(26-2)16(9-13)22(24)25)20-21-18-19-15(10-27-18)12-3-6-14(23)7-4-12/h3-10,23H,1-2H3,(H,19,21)/b20-11-. The Balaban J connectivity index is 1.77. The Labute approximate surface area is 158 Å². The average Bonchev–Trinajstić information content (AvgIpc) is 3.15. The van der Waals surface area contributed by atoms with E-state index in [0.29, 0.717) is 16.4 Å². The van der Waals surface area contributed by atoms with E-state index in [1.807, 2.05) is 5.38 Å². The molecule has 0 bridgehead atoms. The van der Waals surface area contributed by atoms with Gasteiger partial charge in [0.2, 0.25) is 5.13 Å². The van der Waals surface area contributed by atoms with Crippen molar-refractivity contribution in [3.8, 4) is 22.8 Å². The van der Waals surface area contributed by atoms with Crippen molar-refractivity contribution >= 4 is 27.9 Å². The molecule has 27 heavy (non-hydrogen) atoms. The van der Waals surface area contributed by atoms with Gasteiger partial charge in [-0.25, -0.2) is 4.98 Å².